The third-order valence-electron chi connectivity index (χ3n) is 2.82. The molecular formula is C15H25NO. The van der Waals surface area contributed by atoms with Gasteiger partial charge in [0.15, 0.2) is 0 Å². The maximum absolute atomic E-state index is 5.76. The molecule has 0 amide bonds. The molecule has 1 aliphatic heterocycles. The first-order valence-electron chi connectivity index (χ1n) is 6.87. The van der Waals surface area contributed by atoms with Crippen LogP contribution in [0.1, 0.15) is 51.6 Å². The fraction of sp³-hybridized carbons (Fsp3) is 0.600. The lowest BCUT2D eigenvalue weighted by molar-refractivity contribution is 0.311. The molecule has 1 fully saturated rings. The molecule has 1 aromatic rings. The lowest BCUT2D eigenvalue weighted by Crippen LogP contribution is -2.14. The Bertz CT molecular complexity index is 306. The van der Waals surface area contributed by atoms with Crippen molar-refractivity contribution in [2.24, 2.45) is 0 Å². The van der Waals surface area contributed by atoms with Gasteiger partial charge >= 0.3 is 0 Å². The van der Waals surface area contributed by atoms with Gasteiger partial charge in [-0.3, -0.25) is 0 Å². The molecule has 1 unspecified atom stereocenters. The summed E-state index contributed by atoms with van der Waals surface area (Å²) < 4.78 is 5.76. The van der Waals surface area contributed by atoms with E-state index in [9.17, 15) is 0 Å². The van der Waals surface area contributed by atoms with Crippen LogP contribution in [0.4, 0.5) is 0 Å². The molecule has 2 heteroatoms. The molecule has 0 aliphatic carbocycles. The van der Waals surface area contributed by atoms with Gasteiger partial charge in [-0.1, -0.05) is 39.0 Å². The lowest BCUT2D eigenvalue weighted by atomic mass is 10.0. The first kappa shape index (κ1) is 14.0. The quantitative estimate of drug-likeness (QED) is 0.854. The minimum atomic E-state index is 0.498. The van der Waals surface area contributed by atoms with Crippen LogP contribution < -0.4 is 10.1 Å². The first-order chi connectivity index (χ1) is 8.42. The van der Waals surface area contributed by atoms with E-state index in [0.29, 0.717) is 6.04 Å². The molecule has 1 heterocycles. The van der Waals surface area contributed by atoms with E-state index in [2.05, 4.69) is 30.4 Å². The summed E-state index contributed by atoms with van der Waals surface area (Å²) in [6.45, 7) is 8.08. The minimum Gasteiger partial charge on any atom is -0.493 e. The molecule has 1 atom stereocenters. The number of hydrogen-bond acceptors (Lipinski definition) is 2. The molecule has 0 aromatic heterocycles. The van der Waals surface area contributed by atoms with Gasteiger partial charge in [0.2, 0.25) is 0 Å². The Hall–Kier alpha value is -1.02. The maximum Gasteiger partial charge on any atom is 0.124 e. The lowest BCUT2D eigenvalue weighted by Gasteiger charge is -2.16. The average Bonchev–Trinajstić information content (AvgIpc) is 2.93. The first-order valence-corrected chi connectivity index (χ1v) is 6.87. The summed E-state index contributed by atoms with van der Waals surface area (Å²) in [5.74, 6) is 1.05. The van der Waals surface area contributed by atoms with Gasteiger partial charge in [-0.05, 0) is 31.9 Å². The molecule has 0 spiro atoms. The van der Waals surface area contributed by atoms with Crippen molar-refractivity contribution in [2.75, 3.05) is 13.2 Å². The van der Waals surface area contributed by atoms with Crippen molar-refractivity contribution in [3.63, 3.8) is 0 Å². The molecule has 0 saturated carbocycles. The van der Waals surface area contributed by atoms with Crippen LogP contribution in [-0.2, 0) is 0 Å². The summed E-state index contributed by atoms with van der Waals surface area (Å²) in [5.41, 5.74) is 1.32. The predicted molar refractivity (Wildman–Crippen MR) is 73.6 cm³/mol. The number of rotatable bonds is 4. The Morgan fingerprint density at radius 2 is 2.06 bits per heavy atom. The van der Waals surface area contributed by atoms with Crippen molar-refractivity contribution in [3.8, 4) is 5.75 Å². The Balaban J connectivity index is 0.000000686. The summed E-state index contributed by atoms with van der Waals surface area (Å²) in [4.78, 5) is 0. The third-order valence-corrected chi connectivity index (χ3v) is 2.82. The highest BCUT2D eigenvalue weighted by Crippen LogP contribution is 2.30. The Labute approximate surface area is 105 Å². The average molecular weight is 235 g/mol. The van der Waals surface area contributed by atoms with Crippen molar-refractivity contribution < 1.29 is 4.74 Å². The van der Waals surface area contributed by atoms with Crippen molar-refractivity contribution in [3.05, 3.63) is 29.8 Å². The monoisotopic (exact) mass is 235 g/mol. The smallest absolute Gasteiger partial charge is 0.124 e. The van der Waals surface area contributed by atoms with Crippen LogP contribution in [0.5, 0.6) is 5.75 Å². The highest BCUT2D eigenvalue weighted by atomic mass is 16.5. The van der Waals surface area contributed by atoms with Crippen molar-refractivity contribution >= 4 is 0 Å². The predicted octanol–water partition coefficient (Wildman–Crippen LogP) is 3.93. The van der Waals surface area contributed by atoms with E-state index in [4.69, 9.17) is 4.74 Å². The fourth-order valence-corrected chi connectivity index (χ4v) is 2.06. The SMILES string of the molecule is CC.CCCOc1ccccc1C1CCCN1. The molecule has 2 rings (SSSR count). The van der Waals surface area contributed by atoms with Gasteiger partial charge in [0, 0.05) is 11.6 Å². The number of benzene rings is 1. The van der Waals surface area contributed by atoms with Gasteiger partial charge in [0.05, 0.1) is 6.61 Å². The minimum absolute atomic E-state index is 0.498. The summed E-state index contributed by atoms with van der Waals surface area (Å²) in [7, 11) is 0. The van der Waals surface area contributed by atoms with Gasteiger partial charge in [-0.25, -0.2) is 0 Å². The number of para-hydroxylation sites is 1. The second kappa shape index (κ2) is 8.13. The van der Waals surface area contributed by atoms with Crippen LogP contribution >= 0.6 is 0 Å². The zero-order chi connectivity index (χ0) is 12.5. The summed E-state index contributed by atoms with van der Waals surface area (Å²) in [6.07, 6.45) is 3.56. The Morgan fingerprint density at radius 1 is 1.29 bits per heavy atom. The zero-order valence-electron chi connectivity index (χ0n) is 11.3. The number of nitrogens with one attached hydrogen (secondary N) is 1. The van der Waals surface area contributed by atoms with Crippen LogP contribution in [-0.4, -0.2) is 13.2 Å². The van der Waals surface area contributed by atoms with Crippen LogP contribution in [0.25, 0.3) is 0 Å². The molecule has 1 aliphatic rings. The van der Waals surface area contributed by atoms with Crippen LogP contribution in [0.3, 0.4) is 0 Å². The number of hydrogen-bond donors (Lipinski definition) is 1. The van der Waals surface area contributed by atoms with E-state index in [1.165, 1.54) is 18.4 Å². The van der Waals surface area contributed by atoms with Crippen molar-refractivity contribution in [2.45, 2.75) is 46.1 Å². The maximum atomic E-state index is 5.76. The molecule has 1 saturated heterocycles. The van der Waals surface area contributed by atoms with E-state index in [0.717, 1.165) is 25.3 Å². The summed E-state index contributed by atoms with van der Waals surface area (Å²) in [5, 5.41) is 3.51. The molecule has 17 heavy (non-hydrogen) atoms. The Morgan fingerprint density at radius 3 is 2.71 bits per heavy atom. The summed E-state index contributed by atoms with van der Waals surface area (Å²) in [6, 6.07) is 8.88. The molecule has 1 aromatic carbocycles. The molecule has 2 nitrogen and oxygen atoms in total. The fourth-order valence-electron chi connectivity index (χ4n) is 2.06. The Kier molecular flexibility index (Phi) is 6.71. The van der Waals surface area contributed by atoms with Crippen LogP contribution in [0.15, 0.2) is 24.3 Å². The number of ether oxygens (including phenoxy) is 1. The highest BCUT2D eigenvalue weighted by molar-refractivity contribution is 5.36. The van der Waals surface area contributed by atoms with E-state index in [-0.39, 0.29) is 0 Å². The second-order valence-electron chi connectivity index (χ2n) is 4.04. The van der Waals surface area contributed by atoms with E-state index in [1.807, 2.05) is 19.9 Å². The molecule has 1 N–H and O–H groups in total. The normalized spacial score (nSPS) is 18.4. The van der Waals surface area contributed by atoms with Crippen molar-refractivity contribution in [1.29, 1.82) is 0 Å². The molecule has 0 bridgehead atoms. The van der Waals surface area contributed by atoms with Crippen LogP contribution in [0, 0.1) is 0 Å². The van der Waals surface area contributed by atoms with Crippen LogP contribution in [0.2, 0.25) is 0 Å². The highest BCUT2D eigenvalue weighted by Gasteiger charge is 2.19. The van der Waals surface area contributed by atoms with Gasteiger partial charge in [-0.2, -0.15) is 0 Å². The van der Waals surface area contributed by atoms with Gasteiger partial charge in [0.25, 0.3) is 0 Å². The molecule has 96 valence electrons. The van der Waals surface area contributed by atoms with E-state index < -0.39 is 0 Å². The largest absolute Gasteiger partial charge is 0.493 e. The second-order valence-corrected chi connectivity index (χ2v) is 4.04. The van der Waals surface area contributed by atoms with E-state index in [1.54, 1.807) is 0 Å². The molecule has 0 radical (unpaired) electrons. The van der Waals surface area contributed by atoms with Gasteiger partial charge in [-0.15, -0.1) is 0 Å². The zero-order valence-corrected chi connectivity index (χ0v) is 11.3. The van der Waals surface area contributed by atoms with Gasteiger partial charge in [0.1, 0.15) is 5.75 Å². The van der Waals surface area contributed by atoms with E-state index >= 15 is 0 Å². The third kappa shape index (κ3) is 4.04. The molecular weight excluding hydrogens is 210 g/mol. The van der Waals surface area contributed by atoms with Gasteiger partial charge < -0.3 is 10.1 Å². The standard InChI is InChI=1S/C13H19NO.C2H6/c1-2-10-15-13-8-4-3-6-11(13)12-7-5-9-14-12;1-2/h3-4,6,8,12,14H,2,5,7,9-10H2,1H3;1-2H3. The topological polar surface area (TPSA) is 21.3 Å². The summed E-state index contributed by atoms with van der Waals surface area (Å²) >= 11 is 0. The van der Waals surface area contributed by atoms with Crippen molar-refractivity contribution in [1.82, 2.24) is 5.32 Å².